The van der Waals surface area contributed by atoms with E-state index >= 15 is 0 Å². The van der Waals surface area contributed by atoms with Gasteiger partial charge in [-0.2, -0.15) is 0 Å². The van der Waals surface area contributed by atoms with Crippen LogP contribution in [0, 0.1) is 0 Å². The number of fused-ring (bicyclic) bond motifs is 5. The Balaban J connectivity index is 1.26. The summed E-state index contributed by atoms with van der Waals surface area (Å²) in [5.41, 5.74) is 5.27. The number of hydrogen-bond donors (Lipinski definition) is 2. The van der Waals surface area contributed by atoms with E-state index in [4.69, 9.17) is 16.3 Å². The van der Waals surface area contributed by atoms with Crippen LogP contribution >= 0.6 is 11.6 Å². The van der Waals surface area contributed by atoms with Crippen LogP contribution < -0.4 is 15.4 Å². The Kier molecular flexibility index (Phi) is 8.81. The maximum absolute atomic E-state index is 14.3. The van der Waals surface area contributed by atoms with Gasteiger partial charge in [0.15, 0.2) is 5.00 Å². The SMILES string of the molecule is COC(=O)c1ccc(C(=O)NCC(Cl)(CF)NC(=O)c2ccc3c(C4CCCCC4)c4n(c3c2)CCOc2ccccc2-4)cc1. The van der Waals surface area contributed by atoms with Crippen molar-refractivity contribution in [3.8, 4) is 17.0 Å². The predicted molar refractivity (Wildman–Crippen MR) is 171 cm³/mol. The molecule has 1 aliphatic heterocycles. The van der Waals surface area contributed by atoms with Crippen LogP contribution in [0.3, 0.4) is 0 Å². The summed E-state index contributed by atoms with van der Waals surface area (Å²) in [6.45, 7) is -0.372. The Hall–Kier alpha value is -4.37. The van der Waals surface area contributed by atoms with Gasteiger partial charge in [-0.15, -0.1) is 0 Å². The fourth-order valence-electron chi connectivity index (χ4n) is 6.48. The van der Waals surface area contributed by atoms with Crippen molar-refractivity contribution >= 4 is 40.3 Å². The summed E-state index contributed by atoms with van der Waals surface area (Å²) in [5.74, 6) is -0.355. The molecular formula is C35H35ClFN3O5. The third-order valence-electron chi connectivity index (χ3n) is 8.74. The van der Waals surface area contributed by atoms with E-state index in [0.29, 0.717) is 24.6 Å². The highest BCUT2D eigenvalue weighted by Crippen LogP contribution is 2.47. The topological polar surface area (TPSA) is 98.7 Å². The minimum atomic E-state index is -1.87. The lowest BCUT2D eigenvalue weighted by atomic mass is 9.81. The number of benzene rings is 3. The van der Waals surface area contributed by atoms with Crippen molar-refractivity contribution in [2.45, 2.75) is 49.6 Å². The minimum absolute atomic E-state index is 0.241. The second-order valence-corrected chi connectivity index (χ2v) is 12.4. The van der Waals surface area contributed by atoms with E-state index in [1.165, 1.54) is 56.2 Å². The second-order valence-electron chi connectivity index (χ2n) is 11.6. The van der Waals surface area contributed by atoms with E-state index in [1.54, 1.807) is 6.07 Å². The molecule has 2 heterocycles. The molecule has 234 valence electrons. The van der Waals surface area contributed by atoms with Crippen molar-refractivity contribution < 1.29 is 28.2 Å². The van der Waals surface area contributed by atoms with Crippen LogP contribution in [0.2, 0.25) is 0 Å². The van der Waals surface area contributed by atoms with Crippen molar-refractivity contribution in [2.24, 2.45) is 0 Å². The minimum Gasteiger partial charge on any atom is -0.491 e. The number of hydrogen-bond acceptors (Lipinski definition) is 5. The average Bonchev–Trinajstić information content (AvgIpc) is 3.28. The van der Waals surface area contributed by atoms with Crippen molar-refractivity contribution in [1.29, 1.82) is 0 Å². The fraction of sp³-hybridized carbons (Fsp3) is 0.343. The molecular weight excluding hydrogens is 597 g/mol. The summed E-state index contributed by atoms with van der Waals surface area (Å²) in [6.07, 6.45) is 5.84. The number of nitrogens with zero attached hydrogens (tertiary/aromatic N) is 1. The molecule has 1 saturated carbocycles. The Morgan fingerprint density at radius 2 is 1.69 bits per heavy atom. The van der Waals surface area contributed by atoms with Gasteiger partial charge in [-0.3, -0.25) is 9.59 Å². The smallest absolute Gasteiger partial charge is 0.337 e. The predicted octanol–water partition coefficient (Wildman–Crippen LogP) is 6.60. The highest BCUT2D eigenvalue weighted by molar-refractivity contribution is 6.25. The van der Waals surface area contributed by atoms with E-state index < -0.39 is 29.5 Å². The number of halogens is 2. The van der Waals surface area contributed by atoms with Gasteiger partial charge in [-0.25, -0.2) is 9.18 Å². The molecule has 4 aromatic rings. The van der Waals surface area contributed by atoms with Gasteiger partial charge in [0.25, 0.3) is 11.8 Å². The molecule has 0 saturated heterocycles. The normalized spacial score (nSPS) is 16.0. The zero-order valence-electron chi connectivity index (χ0n) is 25.0. The van der Waals surface area contributed by atoms with Crippen molar-refractivity contribution in [3.63, 3.8) is 0 Å². The molecule has 1 atom stereocenters. The van der Waals surface area contributed by atoms with Crippen LogP contribution in [-0.2, 0) is 11.3 Å². The molecule has 0 bridgehead atoms. The first-order valence-electron chi connectivity index (χ1n) is 15.2. The van der Waals surface area contributed by atoms with Gasteiger partial charge in [0.2, 0.25) is 0 Å². The fourth-order valence-corrected chi connectivity index (χ4v) is 6.63. The van der Waals surface area contributed by atoms with E-state index in [-0.39, 0.29) is 17.7 Å². The third kappa shape index (κ3) is 6.14. The first-order chi connectivity index (χ1) is 21.8. The van der Waals surface area contributed by atoms with Crippen LogP contribution in [0.15, 0.2) is 66.7 Å². The third-order valence-corrected chi connectivity index (χ3v) is 9.07. The van der Waals surface area contributed by atoms with Crippen molar-refractivity contribution in [2.75, 3.05) is 26.9 Å². The lowest BCUT2D eigenvalue weighted by Crippen LogP contribution is -2.53. The summed E-state index contributed by atoms with van der Waals surface area (Å²) in [5, 5.41) is 6.27. The molecule has 2 aliphatic rings. The van der Waals surface area contributed by atoms with Crippen LogP contribution in [0.25, 0.3) is 22.2 Å². The first kappa shape index (κ1) is 30.6. The number of carbonyl (C=O) groups is 3. The summed E-state index contributed by atoms with van der Waals surface area (Å²) in [6, 6.07) is 19.5. The number of para-hydroxylation sites is 1. The van der Waals surface area contributed by atoms with Crippen molar-refractivity contribution in [3.05, 3.63) is 89.0 Å². The Labute approximate surface area is 265 Å². The molecule has 8 nitrogen and oxygen atoms in total. The molecule has 2 N–H and O–H groups in total. The number of esters is 1. The molecule has 0 spiro atoms. The highest BCUT2D eigenvalue weighted by atomic mass is 35.5. The molecule has 10 heteroatoms. The summed E-state index contributed by atoms with van der Waals surface area (Å²) in [7, 11) is 1.27. The Bertz CT molecular complexity index is 1750. The maximum Gasteiger partial charge on any atom is 0.337 e. The lowest BCUT2D eigenvalue weighted by molar-refractivity contribution is 0.0600. The van der Waals surface area contributed by atoms with E-state index in [1.807, 2.05) is 30.3 Å². The number of rotatable bonds is 8. The van der Waals surface area contributed by atoms with Gasteiger partial charge in [-0.05, 0) is 72.9 Å². The number of carbonyl (C=O) groups excluding carboxylic acids is 3. The molecule has 6 rings (SSSR count). The van der Waals surface area contributed by atoms with Gasteiger partial charge in [0.1, 0.15) is 19.0 Å². The number of amides is 2. The number of methoxy groups -OCH3 is 1. The zero-order chi connectivity index (χ0) is 31.6. The summed E-state index contributed by atoms with van der Waals surface area (Å²) in [4.78, 5) is 36.0. The first-order valence-corrected chi connectivity index (χ1v) is 15.6. The molecule has 1 aromatic heterocycles. The highest BCUT2D eigenvalue weighted by Gasteiger charge is 2.33. The van der Waals surface area contributed by atoms with Gasteiger partial charge >= 0.3 is 5.97 Å². The number of alkyl halides is 2. The molecule has 1 aliphatic carbocycles. The standard InChI is InChI=1S/C35H35ClFN3O5/c1-44-34(43)24-13-11-23(12-14-24)32(41)38-21-35(36,20-37)39-33(42)25-15-16-26-28(19-25)40-17-18-45-29-10-6-5-9-27(29)31(40)30(26)22-7-3-2-4-8-22/h5-6,9-16,19,22H,2-4,7-8,17-18,20-21H2,1H3,(H,38,41)(H,39,42). The average molecular weight is 632 g/mol. The van der Waals surface area contributed by atoms with Gasteiger partial charge in [-0.1, -0.05) is 49.1 Å². The Morgan fingerprint density at radius 1 is 0.978 bits per heavy atom. The van der Waals surface area contributed by atoms with Crippen molar-refractivity contribution in [1.82, 2.24) is 15.2 Å². The molecule has 45 heavy (non-hydrogen) atoms. The van der Waals surface area contributed by atoms with E-state index in [0.717, 1.165) is 40.8 Å². The zero-order valence-corrected chi connectivity index (χ0v) is 25.8. The summed E-state index contributed by atoms with van der Waals surface area (Å²) < 4.78 is 27.3. The largest absolute Gasteiger partial charge is 0.491 e. The van der Waals surface area contributed by atoms with Gasteiger partial charge in [0.05, 0.1) is 31.5 Å². The molecule has 3 aromatic carbocycles. The van der Waals surface area contributed by atoms with E-state index in [2.05, 4.69) is 26.0 Å². The monoisotopic (exact) mass is 631 g/mol. The number of ether oxygens (including phenoxy) is 2. The van der Waals surface area contributed by atoms with Crippen LogP contribution in [-0.4, -0.2) is 54.3 Å². The molecule has 1 unspecified atom stereocenters. The molecule has 1 fully saturated rings. The molecule has 2 amide bonds. The van der Waals surface area contributed by atoms with Crippen LogP contribution in [0.1, 0.15) is 74.7 Å². The number of nitrogens with one attached hydrogen (secondary N) is 2. The lowest BCUT2D eigenvalue weighted by Gasteiger charge is -2.25. The molecule has 0 radical (unpaired) electrons. The van der Waals surface area contributed by atoms with Gasteiger partial charge < -0.3 is 24.7 Å². The maximum atomic E-state index is 14.3. The van der Waals surface area contributed by atoms with Gasteiger partial charge in [0, 0.05) is 27.6 Å². The number of aromatic nitrogens is 1. The van der Waals surface area contributed by atoms with Crippen LogP contribution in [0.5, 0.6) is 5.75 Å². The van der Waals surface area contributed by atoms with Crippen LogP contribution in [0.4, 0.5) is 4.39 Å². The second kappa shape index (κ2) is 12.9. The quantitative estimate of drug-likeness (QED) is 0.130. The van der Waals surface area contributed by atoms with E-state index in [9.17, 15) is 18.8 Å². The Morgan fingerprint density at radius 3 is 2.42 bits per heavy atom. The summed E-state index contributed by atoms with van der Waals surface area (Å²) >= 11 is 6.50.